The van der Waals surface area contributed by atoms with Crippen molar-refractivity contribution in [3.05, 3.63) is 54.8 Å². The number of fused-ring (bicyclic) bond motifs is 1. The van der Waals surface area contributed by atoms with Crippen LogP contribution in [0, 0.1) is 5.92 Å². The lowest BCUT2D eigenvalue weighted by molar-refractivity contribution is 0.411. The zero-order valence-electron chi connectivity index (χ0n) is 14.7. The van der Waals surface area contributed by atoms with Gasteiger partial charge in [0.15, 0.2) is 11.5 Å². The summed E-state index contributed by atoms with van der Waals surface area (Å²) in [5.74, 6) is 2.09. The molecule has 1 fully saturated rings. The second kappa shape index (κ2) is 6.71. The van der Waals surface area contributed by atoms with Gasteiger partial charge in [-0.2, -0.15) is 9.97 Å². The summed E-state index contributed by atoms with van der Waals surface area (Å²) in [7, 11) is 0. The van der Waals surface area contributed by atoms with Crippen LogP contribution < -0.4 is 10.6 Å². The molecule has 5 rings (SSSR count). The van der Waals surface area contributed by atoms with Crippen LogP contribution in [-0.4, -0.2) is 31.3 Å². The first-order valence-corrected chi connectivity index (χ1v) is 9.04. The number of rotatable bonds is 7. The van der Waals surface area contributed by atoms with Crippen LogP contribution in [0.5, 0.6) is 0 Å². The predicted molar refractivity (Wildman–Crippen MR) is 101 cm³/mol. The van der Waals surface area contributed by atoms with Crippen molar-refractivity contribution in [2.75, 3.05) is 17.2 Å². The summed E-state index contributed by atoms with van der Waals surface area (Å²) in [6, 6.07) is 12.3. The Morgan fingerprint density at radius 3 is 2.78 bits per heavy atom. The van der Waals surface area contributed by atoms with Crippen molar-refractivity contribution in [1.29, 1.82) is 0 Å². The number of aromatic nitrogens is 5. The Bertz CT molecular complexity index is 1040. The summed E-state index contributed by atoms with van der Waals surface area (Å²) < 4.78 is 6.56. The first kappa shape index (κ1) is 15.8. The summed E-state index contributed by atoms with van der Waals surface area (Å²) in [5.41, 5.74) is 3.98. The molecule has 3 aromatic heterocycles. The minimum atomic E-state index is 0.519. The molecule has 0 amide bonds. The second-order valence-corrected chi connectivity index (χ2v) is 6.73. The highest BCUT2D eigenvalue weighted by molar-refractivity contribution is 5.78. The second-order valence-electron chi connectivity index (χ2n) is 6.73. The van der Waals surface area contributed by atoms with Crippen LogP contribution in [0.3, 0.4) is 0 Å². The Labute approximate surface area is 155 Å². The van der Waals surface area contributed by atoms with Gasteiger partial charge in [0.25, 0.3) is 0 Å². The first-order chi connectivity index (χ1) is 13.3. The van der Waals surface area contributed by atoms with Gasteiger partial charge in [-0.25, -0.2) is 4.52 Å². The lowest BCUT2D eigenvalue weighted by atomic mass is 10.1. The van der Waals surface area contributed by atoms with Gasteiger partial charge in [0.2, 0.25) is 12.3 Å². The molecule has 0 aliphatic heterocycles. The van der Waals surface area contributed by atoms with Crippen LogP contribution >= 0.6 is 0 Å². The lowest BCUT2D eigenvalue weighted by Gasteiger charge is -2.06. The fourth-order valence-corrected chi connectivity index (χ4v) is 2.98. The summed E-state index contributed by atoms with van der Waals surface area (Å²) in [4.78, 5) is 8.68. The van der Waals surface area contributed by atoms with Gasteiger partial charge < -0.3 is 15.2 Å². The zero-order chi connectivity index (χ0) is 18.1. The van der Waals surface area contributed by atoms with Gasteiger partial charge >= 0.3 is 0 Å². The molecule has 1 saturated carbocycles. The van der Waals surface area contributed by atoms with Crippen molar-refractivity contribution in [1.82, 2.24) is 24.7 Å². The van der Waals surface area contributed by atoms with Crippen LogP contribution in [0.25, 0.3) is 16.8 Å². The maximum absolute atomic E-state index is 4.74. The summed E-state index contributed by atoms with van der Waals surface area (Å²) >= 11 is 0. The van der Waals surface area contributed by atoms with Gasteiger partial charge in [0.1, 0.15) is 0 Å². The fraction of sp³-hybridized carbons (Fsp3) is 0.263. The average molecular weight is 361 g/mol. The molecular weight excluding hydrogens is 342 g/mol. The molecule has 0 bridgehead atoms. The number of hydrogen-bond acceptors (Lipinski definition) is 7. The van der Waals surface area contributed by atoms with Crippen LogP contribution in [0.2, 0.25) is 0 Å². The molecule has 0 radical (unpaired) electrons. The van der Waals surface area contributed by atoms with E-state index >= 15 is 0 Å². The third-order valence-corrected chi connectivity index (χ3v) is 4.66. The monoisotopic (exact) mass is 361 g/mol. The normalized spacial score (nSPS) is 13.8. The van der Waals surface area contributed by atoms with Crippen molar-refractivity contribution in [3.8, 4) is 11.1 Å². The molecule has 0 spiro atoms. The third-order valence-electron chi connectivity index (χ3n) is 4.66. The van der Waals surface area contributed by atoms with Gasteiger partial charge in [-0.3, -0.25) is 0 Å². The van der Waals surface area contributed by atoms with Crippen molar-refractivity contribution in [3.63, 3.8) is 0 Å². The Balaban J connectivity index is 1.35. The highest BCUT2D eigenvalue weighted by Gasteiger charge is 2.21. The summed E-state index contributed by atoms with van der Waals surface area (Å²) in [6.07, 6.45) is 5.86. The maximum Gasteiger partial charge on any atom is 0.243 e. The molecule has 0 unspecified atom stereocenters. The van der Waals surface area contributed by atoms with E-state index in [9.17, 15) is 0 Å². The van der Waals surface area contributed by atoms with E-state index in [0.717, 1.165) is 34.9 Å². The molecule has 0 saturated heterocycles. The number of anilines is 2. The molecule has 1 aliphatic rings. The Kier molecular flexibility index (Phi) is 3.93. The first-order valence-electron chi connectivity index (χ1n) is 9.04. The predicted octanol–water partition coefficient (Wildman–Crippen LogP) is 3.21. The van der Waals surface area contributed by atoms with Crippen molar-refractivity contribution in [2.24, 2.45) is 5.92 Å². The van der Waals surface area contributed by atoms with Gasteiger partial charge in [-0.05, 0) is 48.6 Å². The van der Waals surface area contributed by atoms with Crippen LogP contribution in [0.15, 0.2) is 53.5 Å². The topological polar surface area (TPSA) is 93.2 Å². The maximum atomic E-state index is 4.74. The number of benzene rings is 1. The molecular formula is C19H19N7O. The Morgan fingerprint density at radius 1 is 1.11 bits per heavy atom. The standard InChI is InChI=1S/C19H19N7O/c1-2-16(18-23-19(24-26(18)9-1)21-10-13-3-4-13)14-5-7-15(8-6-14)20-11-17-22-12-27-25-17/h1-2,5-9,12-13,20H,3-4,10-11H2,(H,21,24). The van der Waals surface area contributed by atoms with E-state index in [1.165, 1.54) is 19.2 Å². The molecule has 8 heteroatoms. The SMILES string of the molecule is c1cc(-c2ccc(NCc3ncon3)cc2)c2nc(NCC3CC3)nn2c1. The third kappa shape index (κ3) is 3.46. The van der Waals surface area contributed by atoms with E-state index in [1.807, 2.05) is 28.9 Å². The molecule has 27 heavy (non-hydrogen) atoms. The number of hydrogen-bond donors (Lipinski definition) is 2. The van der Waals surface area contributed by atoms with E-state index in [0.29, 0.717) is 18.3 Å². The molecule has 2 N–H and O–H groups in total. The van der Waals surface area contributed by atoms with Crippen LogP contribution in [-0.2, 0) is 6.54 Å². The van der Waals surface area contributed by atoms with Crippen LogP contribution in [0.4, 0.5) is 11.6 Å². The molecule has 8 nitrogen and oxygen atoms in total. The van der Waals surface area contributed by atoms with Gasteiger partial charge in [0.05, 0.1) is 6.54 Å². The largest absolute Gasteiger partial charge is 0.378 e. The Hall–Kier alpha value is -3.42. The number of pyridine rings is 1. The van der Waals surface area contributed by atoms with E-state index < -0.39 is 0 Å². The lowest BCUT2D eigenvalue weighted by Crippen LogP contribution is -2.04. The summed E-state index contributed by atoms with van der Waals surface area (Å²) in [5, 5.41) is 14.9. The van der Waals surface area contributed by atoms with Gasteiger partial charge in [-0.1, -0.05) is 17.3 Å². The van der Waals surface area contributed by atoms with Crippen molar-refractivity contribution in [2.45, 2.75) is 19.4 Å². The minimum absolute atomic E-state index is 0.519. The smallest absolute Gasteiger partial charge is 0.243 e. The molecule has 4 aromatic rings. The highest BCUT2D eigenvalue weighted by Crippen LogP contribution is 2.29. The molecule has 136 valence electrons. The van der Waals surface area contributed by atoms with E-state index in [1.54, 1.807) is 0 Å². The molecule has 1 aromatic carbocycles. The molecule has 0 atom stereocenters. The average Bonchev–Trinajstić information content (AvgIpc) is 3.21. The summed E-state index contributed by atoms with van der Waals surface area (Å²) in [6.45, 7) is 1.47. The number of nitrogens with one attached hydrogen (secondary N) is 2. The van der Waals surface area contributed by atoms with E-state index in [-0.39, 0.29) is 0 Å². The quantitative estimate of drug-likeness (QED) is 0.522. The van der Waals surface area contributed by atoms with Crippen molar-refractivity contribution < 1.29 is 4.52 Å². The fourth-order valence-electron chi connectivity index (χ4n) is 2.98. The molecule has 1 aliphatic carbocycles. The van der Waals surface area contributed by atoms with Crippen LogP contribution in [0.1, 0.15) is 18.7 Å². The van der Waals surface area contributed by atoms with E-state index in [4.69, 9.17) is 4.52 Å². The minimum Gasteiger partial charge on any atom is -0.378 e. The van der Waals surface area contributed by atoms with E-state index in [2.05, 4.69) is 49.1 Å². The number of nitrogens with zero attached hydrogens (tertiary/aromatic N) is 5. The Morgan fingerprint density at radius 2 is 2.00 bits per heavy atom. The molecule has 3 heterocycles. The van der Waals surface area contributed by atoms with Gasteiger partial charge in [0, 0.05) is 24.0 Å². The highest BCUT2D eigenvalue weighted by atomic mass is 16.5. The van der Waals surface area contributed by atoms with Gasteiger partial charge in [-0.15, -0.1) is 5.10 Å². The van der Waals surface area contributed by atoms with Crippen molar-refractivity contribution >= 4 is 17.3 Å². The zero-order valence-corrected chi connectivity index (χ0v) is 14.7.